The maximum Gasteiger partial charge on any atom is 0.228 e. The number of nitrogens with one attached hydrogen (secondary N) is 1. The first-order valence-corrected chi connectivity index (χ1v) is 12.5. The number of aliphatic hydroxyl groups is 3. The third-order valence-electron chi connectivity index (χ3n) is 7.35. The van der Waals surface area contributed by atoms with Crippen molar-refractivity contribution in [3.05, 3.63) is 0 Å². The molecule has 0 radical (unpaired) electrons. The van der Waals surface area contributed by atoms with Gasteiger partial charge in [-0.2, -0.15) is 0 Å². The Morgan fingerprint density at radius 3 is 2.47 bits per heavy atom. The van der Waals surface area contributed by atoms with Gasteiger partial charge in [0.2, 0.25) is 5.91 Å². The van der Waals surface area contributed by atoms with Gasteiger partial charge < -0.3 is 35.8 Å². The summed E-state index contributed by atoms with van der Waals surface area (Å²) < 4.78 is 11.8. The number of carbonyl (C=O) groups excluding carboxylic acids is 1. The highest BCUT2D eigenvalue weighted by Crippen LogP contribution is 2.29. The van der Waals surface area contributed by atoms with Crippen LogP contribution in [0.25, 0.3) is 0 Å². The zero-order valence-corrected chi connectivity index (χ0v) is 20.3. The van der Waals surface area contributed by atoms with Crippen LogP contribution in [-0.4, -0.2) is 70.6 Å². The molecule has 2 rings (SSSR count). The van der Waals surface area contributed by atoms with Crippen molar-refractivity contribution in [2.45, 2.75) is 122 Å². The molecule has 2 aliphatic heterocycles. The summed E-state index contributed by atoms with van der Waals surface area (Å²) in [6.07, 6.45) is 2.59. The largest absolute Gasteiger partial charge is 0.392 e. The second-order valence-electron chi connectivity index (χ2n) is 10.0. The summed E-state index contributed by atoms with van der Waals surface area (Å²) in [6, 6.07) is -0.911. The number of rotatable bonds is 4. The number of amides is 1. The van der Waals surface area contributed by atoms with E-state index >= 15 is 0 Å². The summed E-state index contributed by atoms with van der Waals surface area (Å²) in [5.41, 5.74) is 5.96. The van der Waals surface area contributed by atoms with Gasteiger partial charge in [-0.25, -0.2) is 0 Å². The van der Waals surface area contributed by atoms with Crippen molar-refractivity contribution >= 4 is 5.91 Å². The van der Waals surface area contributed by atoms with Crippen molar-refractivity contribution in [2.75, 3.05) is 6.54 Å². The van der Waals surface area contributed by atoms with E-state index in [0.717, 1.165) is 32.1 Å². The molecule has 6 N–H and O–H groups in total. The van der Waals surface area contributed by atoms with Crippen LogP contribution in [-0.2, 0) is 14.3 Å². The first-order chi connectivity index (χ1) is 15.1. The zero-order chi connectivity index (χ0) is 23.8. The number of carbonyl (C=O) groups is 1. The first-order valence-electron chi connectivity index (χ1n) is 12.5. The van der Waals surface area contributed by atoms with E-state index in [9.17, 15) is 20.1 Å². The molecular formula is C24H46N2O6. The van der Waals surface area contributed by atoms with Crippen molar-refractivity contribution in [3.8, 4) is 0 Å². The van der Waals surface area contributed by atoms with Gasteiger partial charge in [0.25, 0.3) is 0 Å². The minimum absolute atomic E-state index is 0.245. The molecule has 0 saturated carbocycles. The molecule has 32 heavy (non-hydrogen) atoms. The molecule has 2 fully saturated rings. The summed E-state index contributed by atoms with van der Waals surface area (Å²) in [5.74, 6) is 0.114. The van der Waals surface area contributed by atoms with Crippen molar-refractivity contribution in [3.63, 3.8) is 0 Å². The van der Waals surface area contributed by atoms with Crippen molar-refractivity contribution in [1.29, 1.82) is 0 Å². The Labute approximate surface area is 193 Å². The Morgan fingerprint density at radius 2 is 1.81 bits per heavy atom. The van der Waals surface area contributed by atoms with Gasteiger partial charge in [0.15, 0.2) is 6.29 Å². The van der Waals surface area contributed by atoms with Crippen LogP contribution in [0, 0.1) is 17.8 Å². The fourth-order valence-corrected chi connectivity index (χ4v) is 5.01. The lowest BCUT2D eigenvalue weighted by Crippen LogP contribution is -2.62. The highest BCUT2D eigenvalue weighted by molar-refractivity contribution is 5.79. The molecule has 0 spiro atoms. The van der Waals surface area contributed by atoms with Crippen molar-refractivity contribution < 1.29 is 29.6 Å². The Balaban J connectivity index is 2.17. The van der Waals surface area contributed by atoms with Crippen LogP contribution in [0.4, 0.5) is 0 Å². The molecule has 1 amide bonds. The van der Waals surface area contributed by atoms with Gasteiger partial charge in [-0.3, -0.25) is 4.79 Å². The summed E-state index contributed by atoms with van der Waals surface area (Å²) in [7, 11) is 0. The van der Waals surface area contributed by atoms with E-state index in [1.165, 1.54) is 12.8 Å². The summed E-state index contributed by atoms with van der Waals surface area (Å²) in [6.45, 7) is 8.27. The SMILES string of the molecule is CCC1CCCNC(=O)C(C(C)O)C(O[C@@H]2O[C@@H](C)[C@@H](O)[C@@H](N)[C@H]2O)CCC(C)CCC1. The van der Waals surface area contributed by atoms with Crippen LogP contribution in [0.1, 0.15) is 79.1 Å². The Kier molecular flexibility index (Phi) is 11.3. The summed E-state index contributed by atoms with van der Waals surface area (Å²) in [4.78, 5) is 13.1. The van der Waals surface area contributed by atoms with Gasteiger partial charge in [-0.05, 0) is 51.4 Å². The molecule has 0 aromatic heterocycles. The van der Waals surface area contributed by atoms with E-state index in [2.05, 4.69) is 19.2 Å². The monoisotopic (exact) mass is 458 g/mol. The maximum absolute atomic E-state index is 13.1. The molecule has 2 heterocycles. The molecule has 8 heteroatoms. The van der Waals surface area contributed by atoms with Crippen LogP contribution in [0.15, 0.2) is 0 Å². The average molecular weight is 459 g/mol. The number of ether oxygens (including phenoxy) is 2. The van der Waals surface area contributed by atoms with Crippen molar-refractivity contribution in [1.82, 2.24) is 5.32 Å². The minimum Gasteiger partial charge on any atom is -0.392 e. The molecule has 2 aliphatic rings. The number of hydrogen-bond donors (Lipinski definition) is 5. The van der Waals surface area contributed by atoms with E-state index < -0.39 is 48.8 Å². The quantitative estimate of drug-likeness (QED) is 0.433. The zero-order valence-electron chi connectivity index (χ0n) is 20.3. The lowest BCUT2D eigenvalue weighted by molar-refractivity contribution is -0.287. The molecule has 0 aromatic rings. The molecule has 188 valence electrons. The first kappa shape index (κ1) is 27.5. The number of nitrogens with two attached hydrogens (primary N) is 1. The van der Waals surface area contributed by atoms with Gasteiger partial charge in [0, 0.05) is 6.54 Å². The smallest absolute Gasteiger partial charge is 0.228 e. The molecular weight excluding hydrogens is 412 g/mol. The number of aliphatic hydroxyl groups excluding tert-OH is 3. The molecule has 5 unspecified atom stereocenters. The van der Waals surface area contributed by atoms with Gasteiger partial charge in [0.1, 0.15) is 6.10 Å². The molecule has 2 saturated heterocycles. The Bertz CT molecular complexity index is 563. The van der Waals surface area contributed by atoms with Gasteiger partial charge in [0.05, 0.1) is 36.4 Å². The van der Waals surface area contributed by atoms with Crippen LogP contribution in [0.5, 0.6) is 0 Å². The molecule has 0 aromatic carbocycles. The van der Waals surface area contributed by atoms with E-state index in [4.69, 9.17) is 15.2 Å². The Hall–Kier alpha value is -0.770. The lowest BCUT2D eigenvalue weighted by atomic mass is 9.86. The molecule has 0 bridgehead atoms. The van der Waals surface area contributed by atoms with Gasteiger partial charge >= 0.3 is 0 Å². The summed E-state index contributed by atoms with van der Waals surface area (Å²) in [5, 5.41) is 34.1. The van der Waals surface area contributed by atoms with E-state index in [-0.39, 0.29) is 5.91 Å². The molecule has 0 aliphatic carbocycles. The van der Waals surface area contributed by atoms with Gasteiger partial charge in [-0.15, -0.1) is 0 Å². The van der Waals surface area contributed by atoms with Crippen LogP contribution in [0.2, 0.25) is 0 Å². The highest BCUT2D eigenvalue weighted by atomic mass is 16.7. The Morgan fingerprint density at radius 1 is 1.12 bits per heavy atom. The average Bonchev–Trinajstić information content (AvgIpc) is 2.74. The lowest BCUT2D eigenvalue weighted by Gasteiger charge is -2.42. The van der Waals surface area contributed by atoms with E-state index in [1.807, 2.05) is 0 Å². The maximum atomic E-state index is 13.1. The summed E-state index contributed by atoms with van der Waals surface area (Å²) >= 11 is 0. The number of hydrogen-bond acceptors (Lipinski definition) is 7. The van der Waals surface area contributed by atoms with Gasteiger partial charge in [-0.1, -0.05) is 39.5 Å². The standard InChI is InChI=1S/C24H46N2O6/c1-5-17-9-6-8-14(2)11-12-18(19(15(3)27)23(30)26-13-7-10-17)32-24-22(29)20(25)21(28)16(4)31-24/h14-22,24,27-29H,5-13,25H2,1-4H3,(H,26,30)/t14?,15?,16-,17?,18?,19?,20+,21+,22+,24-/m0/s1. The topological polar surface area (TPSA) is 134 Å². The minimum atomic E-state index is -1.23. The van der Waals surface area contributed by atoms with Crippen molar-refractivity contribution in [2.24, 2.45) is 23.5 Å². The predicted molar refractivity (Wildman–Crippen MR) is 123 cm³/mol. The van der Waals surface area contributed by atoms with Crippen LogP contribution >= 0.6 is 0 Å². The molecule has 8 nitrogen and oxygen atoms in total. The van der Waals surface area contributed by atoms with E-state index in [0.29, 0.717) is 24.8 Å². The normalized spacial score (nSPS) is 42.0. The highest BCUT2D eigenvalue weighted by Gasteiger charge is 2.44. The van der Waals surface area contributed by atoms with E-state index in [1.54, 1.807) is 13.8 Å². The van der Waals surface area contributed by atoms with Crippen LogP contribution in [0.3, 0.4) is 0 Å². The molecule has 10 atom stereocenters. The van der Waals surface area contributed by atoms with Crippen LogP contribution < -0.4 is 11.1 Å². The fourth-order valence-electron chi connectivity index (χ4n) is 5.01. The fraction of sp³-hybridized carbons (Fsp3) is 0.958. The predicted octanol–water partition coefficient (Wildman–Crippen LogP) is 1.69. The second kappa shape index (κ2) is 13.2. The third kappa shape index (κ3) is 7.64. The third-order valence-corrected chi connectivity index (χ3v) is 7.35. The second-order valence-corrected chi connectivity index (χ2v) is 10.0.